The quantitative estimate of drug-likeness (QED) is 0.479. The molecule has 0 unspecified atom stereocenters. The van der Waals surface area contributed by atoms with Gasteiger partial charge in [-0.15, -0.1) is 0 Å². The second kappa shape index (κ2) is 8.58. The van der Waals surface area contributed by atoms with Crippen molar-refractivity contribution in [2.45, 2.75) is 115 Å². The van der Waals surface area contributed by atoms with Gasteiger partial charge in [0.2, 0.25) is 0 Å². The van der Waals surface area contributed by atoms with Crippen LogP contribution in [0.3, 0.4) is 0 Å². The van der Waals surface area contributed by atoms with Crippen LogP contribution in [-0.2, 0) is 7.87 Å². The minimum absolute atomic E-state index is 0.0718. The van der Waals surface area contributed by atoms with Gasteiger partial charge in [0.25, 0.3) is 0 Å². The first kappa shape index (κ1) is 18.1. The Labute approximate surface area is 147 Å². The molecule has 0 radical (unpaired) electrons. The zero-order valence-corrected chi connectivity index (χ0v) is 18.0. The summed E-state index contributed by atoms with van der Waals surface area (Å²) in [5, 5.41) is 0. The van der Waals surface area contributed by atoms with E-state index in [9.17, 15) is 4.79 Å². The van der Waals surface area contributed by atoms with Crippen molar-refractivity contribution in [2.75, 3.05) is 0 Å². The third kappa shape index (κ3) is 4.09. The summed E-state index contributed by atoms with van der Waals surface area (Å²) in [5.74, 6) is 0.0718. The summed E-state index contributed by atoms with van der Waals surface area (Å²) in [6, 6.07) is 0. The molecule has 0 spiro atoms. The molecular weight excluding hydrogens is 391 g/mol. The van der Waals surface area contributed by atoms with Gasteiger partial charge in [-0.3, -0.25) is 0 Å². The average Bonchev–Trinajstić information content (AvgIpc) is 2.62. The molecule has 0 aromatic heterocycles. The van der Waals surface area contributed by atoms with E-state index in [0.29, 0.717) is 0 Å². The van der Waals surface area contributed by atoms with Gasteiger partial charge >= 0.3 is 148 Å². The van der Waals surface area contributed by atoms with E-state index in [4.69, 9.17) is 3.07 Å². The summed E-state index contributed by atoms with van der Waals surface area (Å²) < 4.78 is 9.15. The zero-order chi connectivity index (χ0) is 16.1. The molecule has 3 fully saturated rings. The molecule has 3 aliphatic rings. The molecule has 3 aliphatic carbocycles. The van der Waals surface area contributed by atoms with Crippen molar-refractivity contribution in [3.63, 3.8) is 0 Å². The van der Waals surface area contributed by atoms with E-state index < -0.39 is 18.8 Å². The summed E-state index contributed by atoms with van der Waals surface area (Å²) in [5.41, 5.74) is 0. The van der Waals surface area contributed by atoms with Gasteiger partial charge in [-0.05, 0) is 0 Å². The van der Waals surface area contributed by atoms with Crippen LogP contribution in [-0.4, -0.2) is 24.8 Å². The Morgan fingerprint density at radius 2 is 0.957 bits per heavy atom. The second-order valence-electron chi connectivity index (χ2n) is 8.45. The first-order valence-electron chi connectivity index (χ1n) is 10.4. The van der Waals surface area contributed by atoms with Gasteiger partial charge in [0.05, 0.1) is 0 Å². The summed E-state index contributed by atoms with van der Waals surface area (Å²) in [7, 11) is 0. The van der Waals surface area contributed by atoms with Gasteiger partial charge in [0.1, 0.15) is 0 Å². The molecule has 3 heteroatoms. The molecular formula is C20H36O2Sn. The Morgan fingerprint density at radius 3 is 1.22 bits per heavy atom. The standard InChI is InChI=1S/3C6H11.C2H4O2.Sn/c3*1-2-4-6-5-3-1;1-2(3)4;/h3*1H,2-6H2;1H3,(H,3,4);/q;;;;+1/p-1. The number of carbonyl (C=O) groups is 1. The number of hydrogen-bond donors (Lipinski definition) is 0. The SMILES string of the molecule is CC(=O)[O][Sn]([CH]1CCCCC1)([CH]1CCCCC1)[CH]1CCCCC1. The topological polar surface area (TPSA) is 26.3 Å². The fourth-order valence-electron chi connectivity index (χ4n) is 6.16. The minimum atomic E-state index is -2.97. The van der Waals surface area contributed by atoms with Crippen molar-refractivity contribution in [3.05, 3.63) is 0 Å². The van der Waals surface area contributed by atoms with Gasteiger partial charge < -0.3 is 0 Å². The number of rotatable bonds is 4. The van der Waals surface area contributed by atoms with Crippen LogP contribution in [0.4, 0.5) is 0 Å². The Balaban J connectivity index is 1.93. The third-order valence-electron chi connectivity index (χ3n) is 7.05. The van der Waals surface area contributed by atoms with Crippen molar-refractivity contribution in [2.24, 2.45) is 0 Å². The van der Waals surface area contributed by atoms with Crippen LogP contribution in [0, 0.1) is 0 Å². The van der Waals surface area contributed by atoms with E-state index >= 15 is 0 Å². The molecule has 3 saturated carbocycles. The normalized spacial score (nSPS) is 26.1. The Kier molecular flexibility index (Phi) is 6.74. The summed E-state index contributed by atoms with van der Waals surface area (Å²) in [4.78, 5) is 12.2. The predicted octanol–water partition coefficient (Wildman–Crippen LogP) is 6.50. The van der Waals surface area contributed by atoms with Gasteiger partial charge in [0.15, 0.2) is 0 Å². The van der Waals surface area contributed by atoms with E-state index in [1.54, 1.807) is 6.92 Å². The third-order valence-corrected chi connectivity index (χ3v) is 24.7. The molecule has 0 aliphatic heterocycles. The molecule has 0 amide bonds. The maximum atomic E-state index is 12.2. The first-order chi connectivity index (χ1) is 11.2. The van der Waals surface area contributed by atoms with Gasteiger partial charge in [-0.25, -0.2) is 0 Å². The van der Waals surface area contributed by atoms with Crippen molar-refractivity contribution >= 4 is 24.8 Å². The number of carbonyl (C=O) groups excluding carboxylic acids is 1. The summed E-state index contributed by atoms with van der Waals surface area (Å²) >= 11 is -2.97. The van der Waals surface area contributed by atoms with E-state index in [1.807, 2.05) is 0 Å². The predicted molar refractivity (Wildman–Crippen MR) is 98.0 cm³/mol. The fourth-order valence-corrected chi connectivity index (χ4v) is 25.9. The van der Waals surface area contributed by atoms with Gasteiger partial charge in [-0.1, -0.05) is 0 Å². The zero-order valence-electron chi connectivity index (χ0n) is 15.2. The van der Waals surface area contributed by atoms with Crippen LogP contribution in [0.2, 0.25) is 11.8 Å². The van der Waals surface area contributed by atoms with Crippen LogP contribution in [0.25, 0.3) is 0 Å². The molecule has 0 heterocycles. The molecule has 2 nitrogen and oxygen atoms in total. The van der Waals surface area contributed by atoms with E-state index in [-0.39, 0.29) is 5.97 Å². The second-order valence-corrected chi connectivity index (χ2v) is 20.9. The van der Waals surface area contributed by atoms with Gasteiger partial charge in [-0.2, -0.15) is 0 Å². The average molecular weight is 427 g/mol. The Morgan fingerprint density at radius 1 is 0.652 bits per heavy atom. The van der Waals surface area contributed by atoms with Crippen LogP contribution in [0.5, 0.6) is 0 Å². The molecule has 0 saturated heterocycles. The van der Waals surface area contributed by atoms with Crippen molar-refractivity contribution in [3.8, 4) is 0 Å². The van der Waals surface area contributed by atoms with Crippen LogP contribution >= 0.6 is 0 Å². The molecule has 0 atom stereocenters. The maximum absolute atomic E-state index is 12.2. The summed E-state index contributed by atoms with van der Waals surface area (Å²) in [6.07, 6.45) is 20.9. The monoisotopic (exact) mass is 428 g/mol. The Hall–Kier alpha value is 0.269. The molecule has 0 aromatic rings. The van der Waals surface area contributed by atoms with Crippen molar-refractivity contribution in [1.29, 1.82) is 0 Å². The van der Waals surface area contributed by atoms with Crippen LogP contribution in [0.1, 0.15) is 103 Å². The van der Waals surface area contributed by atoms with E-state index in [0.717, 1.165) is 11.8 Å². The fraction of sp³-hybridized carbons (Fsp3) is 0.950. The first-order valence-corrected chi connectivity index (χ1v) is 16.5. The van der Waals surface area contributed by atoms with Crippen LogP contribution in [0.15, 0.2) is 0 Å². The van der Waals surface area contributed by atoms with E-state index in [1.165, 1.54) is 96.3 Å². The molecule has 0 N–H and O–H groups in total. The molecule has 0 bridgehead atoms. The Bertz CT molecular complexity index is 332. The van der Waals surface area contributed by atoms with Crippen molar-refractivity contribution < 1.29 is 7.87 Å². The number of hydrogen-bond acceptors (Lipinski definition) is 2. The molecule has 132 valence electrons. The van der Waals surface area contributed by atoms with E-state index in [2.05, 4.69) is 0 Å². The van der Waals surface area contributed by atoms with Crippen LogP contribution < -0.4 is 0 Å². The van der Waals surface area contributed by atoms with Gasteiger partial charge in [0, 0.05) is 0 Å². The molecule has 23 heavy (non-hydrogen) atoms. The summed E-state index contributed by atoms with van der Waals surface area (Å²) in [6.45, 7) is 1.71. The van der Waals surface area contributed by atoms with Crippen molar-refractivity contribution in [1.82, 2.24) is 0 Å². The molecule has 0 aromatic carbocycles. The molecule has 3 rings (SSSR count).